The molecule has 0 aliphatic rings. The molecule has 1 heteroatoms. The Labute approximate surface area is 63.8 Å². The van der Waals surface area contributed by atoms with E-state index in [1.807, 2.05) is 6.92 Å². The Bertz CT molecular complexity index is 114. The van der Waals surface area contributed by atoms with Crippen LogP contribution in [0.4, 0.5) is 0 Å². The molecule has 0 saturated carbocycles. The molecular weight excluding hydrogens is 124 g/mol. The number of rotatable bonds is 4. The molecule has 0 unspecified atom stereocenters. The van der Waals surface area contributed by atoms with Crippen molar-refractivity contribution >= 4 is 5.78 Å². The fraction of sp³-hybridized carbons (Fsp3) is 0.556. The third-order valence-corrected chi connectivity index (χ3v) is 1.40. The molecular formula is C9H12O. The summed E-state index contributed by atoms with van der Waals surface area (Å²) in [4.78, 5) is 10.5. The number of hydrogen-bond acceptors (Lipinski definition) is 1. The Morgan fingerprint density at radius 1 is 1.50 bits per heavy atom. The van der Waals surface area contributed by atoms with Gasteiger partial charge in [-0.05, 0) is 20.3 Å². The summed E-state index contributed by atoms with van der Waals surface area (Å²) >= 11 is 0. The lowest BCUT2D eigenvalue weighted by molar-refractivity contribution is -0.120. The molecule has 0 aliphatic carbocycles. The highest BCUT2D eigenvalue weighted by Gasteiger charge is 2.23. The maximum atomic E-state index is 10.5. The van der Waals surface area contributed by atoms with Gasteiger partial charge in [-0.15, -0.1) is 0 Å². The van der Waals surface area contributed by atoms with Crippen LogP contribution in [0.15, 0.2) is 0 Å². The molecule has 10 heavy (non-hydrogen) atoms. The maximum absolute atomic E-state index is 10.5. The van der Waals surface area contributed by atoms with E-state index in [1.165, 1.54) is 0 Å². The second kappa shape index (κ2) is 3.75. The van der Waals surface area contributed by atoms with Gasteiger partial charge in [-0.3, -0.25) is 4.79 Å². The van der Waals surface area contributed by atoms with Gasteiger partial charge in [-0.1, -0.05) is 19.8 Å². The third kappa shape index (κ3) is 3.00. The summed E-state index contributed by atoms with van der Waals surface area (Å²) in [5, 5.41) is 0. The number of ketones is 1. The van der Waals surface area contributed by atoms with Crippen molar-refractivity contribution in [1.29, 1.82) is 0 Å². The van der Waals surface area contributed by atoms with Crippen molar-refractivity contribution in [2.24, 2.45) is 5.41 Å². The summed E-state index contributed by atoms with van der Waals surface area (Å²) in [5.74, 6) is -0.638. The first kappa shape index (κ1) is 9.67. The quantitative estimate of drug-likeness (QED) is 0.576. The van der Waals surface area contributed by atoms with Crippen LogP contribution in [0.1, 0.15) is 26.2 Å². The van der Waals surface area contributed by atoms with Gasteiger partial charge in [-0.2, -0.15) is 0 Å². The van der Waals surface area contributed by atoms with Gasteiger partial charge >= 0.3 is 0 Å². The molecule has 54 valence electrons. The Morgan fingerprint density at radius 3 is 2.30 bits per heavy atom. The van der Waals surface area contributed by atoms with Crippen molar-refractivity contribution < 1.29 is 4.79 Å². The van der Waals surface area contributed by atoms with Gasteiger partial charge in [0, 0.05) is 12.3 Å². The van der Waals surface area contributed by atoms with E-state index in [2.05, 4.69) is 0 Å². The van der Waals surface area contributed by atoms with Crippen LogP contribution in [0.5, 0.6) is 0 Å². The third-order valence-electron chi connectivity index (χ3n) is 1.40. The molecule has 0 N–H and O–H groups in total. The molecule has 0 aromatic heterocycles. The van der Waals surface area contributed by atoms with Crippen molar-refractivity contribution in [3.8, 4) is 0 Å². The zero-order valence-electron chi connectivity index (χ0n) is 6.26. The van der Waals surface area contributed by atoms with E-state index < -0.39 is 11.2 Å². The molecule has 0 aromatic carbocycles. The van der Waals surface area contributed by atoms with Gasteiger partial charge < -0.3 is 0 Å². The highest BCUT2D eigenvalue weighted by molar-refractivity contribution is 5.89. The van der Waals surface area contributed by atoms with Gasteiger partial charge in [-0.25, -0.2) is 0 Å². The molecule has 1 nitrogen and oxygen atoms in total. The Morgan fingerprint density at radius 2 is 2.00 bits per heavy atom. The van der Waals surface area contributed by atoms with Crippen LogP contribution >= 0.6 is 0 Å². The van der Waals surface area contributed by atoms with Gasteiger partial charge in [0.05, 0.1) is 0 Å². The zero-order chi connectivity index (χ0) is 8.20. The first-order valence-electron chi connectivity index (χ1n) is 3.38. The van der Waals surface area contributed by atoms with Gasteiger partial charge in [0.1, 0.15) is 5.78 Å². The molecule has 0 rings (SSSR count). The first-order chi connectivity index (χ1) is 4.50. The van der Waals surface area contributed by atoms with Crippen molar-refractivity contribution in [2.75, 3.05) is 0 Å². The fourth-order valence-corrected chi connectivity index (χ4v) is 0.592. The van der Waals surface area contributed by atoms with E-state index in [-0.39, 0.29) is 0 Å². The van der Waals surface area contributed by atoms with Crippen molar-refractivity contribution in [1.82, 2.24) is 0 Å². The number of unbranched alkanes of at least 4 members (excludes halogenated alkanes) is 1. The van der Waals surface area contributed by atoms with Crippen molar-refractivity contribution in [3.05, 3.63) is 20.8 Å². The molecule has 0 heterocycles. The van der Waals surface area contributed by atoms with Gasteiger partial charge in [0.2, 0.25) is 0 Å². The molecule has 0 atom stereocenters. The standard InChI is InChI=1S/C9H12O/c1-5-6-7-9(3,4)8(2)10/h2-4H,5-7H2,1H3. The van der Waals surface area contributed by atoms with Crippen LogP contribution < -0.4 is 0 Å². The number of carbonyl (C=O) groups excluding carboxylic acids is 1. The van der Waals surface area contributed by atoms with Crippen molar-refractivity contribution in [3.63, 3.8) is 0 Å². The number of Topliss-reactive ketones (excluding diaryl/α,β-unsaturated/α-hetero) is 1. The minimum absolute atomic E-state index is 0.457. The largest absolute Gasteiger partial charge is 0.299 e. The summed E-state index contributed by atoms with van der Waals surface area (Å²) in [6.45, 7) is 17.6. The van der Waals surface area contributed by atoms with Crippen LogP contribution in [0.3, 0.4) is 0 Å². The summed E-state index contributed by atoms with van der Waals surface area (Å²) in [6, 6.07) is 0. The molecule has 0 amide bonds. The summed E-state index contributed by atoms with van der Waals surface area (Å²) in [7, 11) is 0. The number of hydrogen-bond donors (Lipinski definition) is 0. The van der Waals surface area contributed by atoms with E-state index in [0.29, 0.717) is 6.42 Å². The Kier molecular flexibility index (Phi) is 3.62. The van der Waals surface area contributed by atoms with E-state index in [4.69, 9.17) is 20.8 Å². The van der Waals surface area contributed by atoms with Crippen LogP contribution in [-0.4, -0.2) is 5.78 Å². The molecule has 0 saturated heterocycles. The predicted octanol–water partition coefficient (Wildman–Crippen LogP) is 1.87. The van der Waals surface area contributed by atoms with Crippen LogP contribution in [0.2, 0.25) is 0 Å². The lowest BCUT2D eigenvalue weighted by Gasteiger charge is -2.18. The normalized spacial score (nSPS) is 11.6. The summed E-state index contributed by atoms with van der Waals surface area (Å²) in [5.41, 5.74) is -1.31. The predicted molar refractivity (Wildman–Crippen MR) is 39.9 cm³/mol. The van der Waals surface area contributed by atoms with Crippen LogP contribution in [0, 0.1) is 26.2 Å². The Hall–Kier alpha value is -0.330. The summed E-state index contributed by atoms with van der Waals surface area (Å²) < 4.78 is 0. The van der Waals surface area contributed by atoms with E-state index in [0.717, 1.165) is 12.8 Å². The highest BCUT2D eigenvalue weighted by atomic mass is 16.1. The second-order valence-electron chi connectivity index (χ2n) is 2.51. The highest BCUT2D eigenvalue weighted by Crippen LogP contribution is 2.22. The van der Waals surface area contributed by atoms with Crippen LogP contribution in [-0.2, 0) is 4.79 Å². The second-order valence-corrected chi connectivity index (χ2v) is 2.51. The average molecular weight is 136 g/mol. The molecule has 0 aromatic rings. The van der Waals surface area contributed by atoms with Gasteiger partial charge in [0.15, 0.2) is 0 Å². The molecule has 0 spiro atoms. The maximum Gasteiger partial charge on any atom is 0.144 e. The Balaban J connectivity index is 3.75. The summed E-state index contributed by atoms with van der Waals surface area (Å²) in [6.07, 6.45) is 2.25. The fourth-order valence-electron chi connectivity index (χ4n) is 0.592. The van der Waals surface area contributed by atoms with Gasteiger partial charge in [0.25, 0.3) is 0 Å². The minimum atomic E-state index is -1.31. The smallest absolute Gasteiger partial charge is 0.144 e. The molecule has 0 aliphatic heterocycles. The van der Waals surface area contributed by atoms with E-state index in [9.17, 15) is 4.79 Å². The van der Waals surface area contributed by atoms with Crippen LogP contribution in [0.25, 0.3) is 0 Å². The lowest BCUT2D eigenvalue weighted by atomic mass is 9.84. The SMILES string of the molecule is [CH]C(=O)C([CH])([CH])CCCC. The monoisotopic (exact) mass is 136 g/mol. The topological polar surface area (TPSA) is 17.1 Å². The molecule has 6 radical (unpaired) electrons. The zero-order valence-corrected chi connectivity index (χ0v) is 6.26. The number of carbonyl (C=O) groups is 1. The minimum Gasteiger partial charge on any atom is -0.299 e. The molecule has 0 bridgehead atoms. The lowest BCUT2D eigenvalue weighted by Crippen LogP contribution is -2.21. The van der Waals surface area contributed by atoms with E-state index >= 15 is 0 Å². The molecule has 0 fully saturated rings. The van der Waals surface area contributed by atoms with E-state index in [1.54, 1.807) is 0 Å². The van der Waals surface area contributed by atoms with Crippen molar-refractivity contribution in [2.45, 2.75) is 26.2 Å². The average Bonchev–Trinajstić information content (AvgIpc) is 1.84. The first-order valence-corrected chi connectivity index (χ1v) is 3.38.